The Labute approximate surface area is 205 Å². The number of thiophene rings is 1. The summed E-state index contributed by atoms with van der Waals surface area (Å²) in [7, 11) is -3.57. The number of sulfonamides is 1. The molecule has 10 heteroatoms. The summed E-state index contributed by atoms with van der Waals surface area (Å²) in [5.41, 5.74) is 0.897. The van der Waals surface area contributed by atoms with Gasteiger partial charge in [0.25, 0.3) is 0 Å². The van der Waals surface area contributed by atoms with Crippen LogP contribution in [0.1, 0.15) is 43.0 Å². The Morgan fingerprint density at radius 3 is 2.76 bits per heavy atom. The van der Waals surface area contributed by atoms with E-state index in [4.69, 9.17) is 14.2 Å². The molecule has 0 saturated carbocycles. The largest absolute Gasteiger partial charge is 0.454 e. The fourth-order valence-electron chi connectivity index (χ4n) is 4.08. The number of ether oxygens (including phenoxy) is 3. The van der Waals surface area contributed by atoms with E-state index in [1.807, 2.05) is 42.6 Å². The Hall–Kier alpha value is -2.14. The highest BCUT2D eigenvalue weighted by atomic mass is 32.2. The molecule has 34 heavy (non-hydrogen) atoms. The second-order valence-electron chi connectivity index (χ2n) is 8.61. The number of nitrogens with zero attached hydrogens (tertiary/aromatic N) is 2. The van der Waals surface area contributed by atoms with Crippen molar-refractivity contribution in [2.24, 2.45) is 0 Å². The Morgan fingerprint density at radius 1 is 1.18 bits per heavy atom. The zero-order chi connectivity index (χ0) is 24.0. The van der Waals surface area contributed by atoms with Crippen molar-refractivity contribution in [3.8, 4) is 11.5 Å². The van der Waals surface area contributed by atoms with E-state index in [-0.39, 0.29) is 37.6 Å². The Bertz CT molecular complexity index is 1050. The molecule has 1 unspecified atom stereocenters. The first kappa shape index (κ1) is 25.0. The maximum absolute atomic E-state index is 13.5. The lowest BCUT2D eigenvalue weighted by molar-refractivity contribution is -0.132. The van der Waals surface area contributed by atoms with E-state index in [9.17, 15) is 13.2 Å². The molecule has 0 spiro atoms. The molecular formula is C24H32N2O6S2. The van der Waals surface area contributed by atoms with Crippen molar-refractivity contribution in [1.82, 2.24) is 9.21 Å². The highest BCUT2D eigenvalue weighted by Gasteiger charge is 2.31. The summed E-state index contributed by atoms with van der Waals surface area (Å²) in [6.07, 6.45) is 2.90. The van der Waals surface area contributed by atoms with Crippen molar-refractivity contribution in [3.05, 3.63) is 46.2 Å². The molecule has 0 N–H and O–H groups in total. The molecule has 0 aliphatic carbocycles. The van der Waals surface area contributed by atoms with Crippen LogP contribution in [-0.4, -0.2) is 61.9 Å². The highest BCUT2D eigenvalue weighted by molar-refractivity contribution is 7.89. The Balaban J connectivity index is 1.52. The standard InChI is InChI=1S/C24H32N2O6S2/c1-2-3-12-34(28,29)26(15-20-6-4-10-30-20)17-24(27)25(16-21-7-5-11-33-21)14-19-8-9-22-23(13-19)32-18-31-22/h5,7-9,11,13,20H,2-4,6,10,12,14-18H2,1H3. The maximum atomic E-state index is 13.5. The zero-order valence-corrected chi connectivity index (χ0v) is 21.1. The van der Waals surface area contributed by atoms with Gasteiger partial charge in [-0.25, -0.2) is 8.42 Å². The van der Waals surface area contributed by atoms with E-state index >= 15 is 0 Å². The summed E-state index contributed by atoms with van der Waals surface area (Å²) in [6, 6.07) is 9.54. The highest BCUT2D eigenvalue weighted by Crippen LogP contribution is 2.33. The summed E-state index contributed by atoms with van der Waals surface area (Å²) < 4.78 is 44.1. The molecule has 2 aliphatic heterocycles. The second-order valence-corrected chi connectivity index (χ2v) is 11.7. The van der Waals surface area contributed by atoms with Crippen LogP contribution in [0.15, 0.2) is 35.7 Å². The zero-order valence-electron chi connectivity index (χ0n) is 19.5. The second kappa shape index (κ2) is 11.5. The van der Waals surface area contributed by atoms with Crippen LogP contribution in [0.25, 0.3) is 0 Å². The Morgan fingerprint density at radius 2 is 2.03 bits per heavy atom. The summed E-state index contributed by atoms with van der Waals surface area (Å²) in [5.74, 6) is 1.15. The van der Waals surface area contributed by atoms with Crippen LogP contribution in [-0.2, 0) is 32.6 Å². The van der Waals surface area contributed by atoms with Crippen LogP contribution in [0.2, 0.25) is 0 Å². The van der Waals surface area contributed by atoms with Gasteiger partial charge < -0.3 is 19.1 Å². The summed E-state index contributed by atoms with van der Waals surface area (Å²) in [4.78, 5) is 16.3. The number of benzene rings is 1. The molecule has 1 aromatic carbocycles. The number of fused-ring (bicyclic) bond motifs is 1. The lowest BCUT2D eigenvalue weighted by Crippen LogP contribution is -2.46. The first-order valence-electron chi connectivity index (χ1n) is 11.7. The number of carbonyl (C=O) groups excluding carboxylic acids is 1. The fourth-order valence-corrected chi connectivity index (χ4v) is 6.41. The number of hydrogen-bond donors (Lipinski definition) is 0. The van der Waals surface area contributed by atoms with E-state index in [0.29, 0.717) is 37.6 Å². The van der Waals surface area contributed by atoms with Crippen molar-refractivity contribution >= 4 is 27.3 Å². The maximum Gasteiger partial charge on any atom is 0.238 e. The van der Waals surface area contributed by atoms with Gasteiger partial charge in [0.2, 0.25) is 22.7 Å². The molecule has 3 heterocycles. The van der Waals surface area contributed by atoms with Crippen LogP contribution >= 0.6 is 11.3 Å². The molecule has 1 amide bonds. The summed E-state index contributed by atoms with van der Waals surface area (Å²) in [5, 5.41) is 1.97. The predicted molar refractivity (Wildman–Crippen MR) is 130 cm³/mol. The van der Waals surface area contributed by atoms with Gasteiger partial charge in [-0.15, -0.1) is 11.3 Å². The normalized spacial score (nSPS) is 17.4. The van der Waals surface area contributed by atoms with Gasteiger partial charge in [-0.05, 0) is 48.4 Å². The summed E-state index contributed by atoms with van der Waals surface area (Å²) in [6.45, 7) is 3.56. The molecule has 0 radical (unpaired) electrons. The SMILES string of the molecule is CCCCS(=O)(=O)N(CC(=O)N(Cc1ccc2c(c1)OCO2)Cc1cccs1)CC1CCCO1. The summed E-state index contributed by atoms with van der Waals surface area (Å²) >= 11 is 1.57. The average Bonchev–Trinajstić information content (AvgIpc) is 3.59. The van der Waals surface area contributed by atoms with Gasteiger partial charge >= 0.3 is 0 Å². The van der Waals surface area contributed by atoms with Gasteiger partial charge in [0.1, 0.15) is 0 Å². The first-order valence-corrected chi connectivity index (χ1v) is 14.2. The molecule has 1 aromatic heterocycles. The van der Waals surface area contributed by atoms with Crippen LogP contribution in [0.5, 0.6) is 11.5 Å². The van der Waals surface area contributed by atoms with Gasteiger partial charge in [-0.2, -0.15) is 4.31 Å². The van der Waals surface area contributed by atoms with Gasteiger partial charge in [0.15, 0.2) is 11.5 Å². The molecule has 0 bridgehead atoms. The quantitative estimate of drug-likeness (QED) is 0.435. The monoisotopic (exact) mass is 508 g/mol. The Kier molecular flexibility index (Phi) is 8.46. The van der Waals surface area contributed by atoms with Gasteiger partial charge in [-0.3, -0.25) is 4.79 Å². The fraction of sp³-hybridized carbons (Fsp3) is 0.542. The third kappa shape index (κ3) is 6.50. The lowest BCUT2D eigenvalue weighted by Gasteiger charge is -2.28. The molecule has 1 atom stereocenters. The van der Waals surface area contributed by atoms with E-state index in [1.165, 1.54) is 4.31 Å². The van der Waals surface area contributed by atoms with Crippen molar-refractivity contribution in [1.29, 1.82) is 0 Å². The number of hydrogen-bond acceptors (Lipinski definition) is 7. The van der Waals surface area contributed by atoms with Gasteiger partial charge in [0, 0.05) is 24.6 Å². The third-order valence-electron chi connectivity index (χ3n) is 5.98. The minimum Gasteiger partial charge on any atom is -0.454 e. The molecule has 186 valence electrons. The van der Waals surface area contributed by atoms with Crippen molar-refractivity contribution in [3.63, 3.8) is 0 Å². The molecule has 2 aliphatic rings. The molecular weight excluding hydrogens is 476 g/mol. The minimum absolute atomic E-state index is 0.0383. The van der Waals surface area contributed by atoms with E-state index in [2.05, 4.69) is 0 Å². The van der Waals surface area contributed by atoms with Crippen molar-refractivity contribution in [2.45, 2.75) is 51.8 Å². The van der Waals surface area contributed by atoms with E-state index < -0.39 is 10.0 Å². The topological polar surface area (TPSA) is 85.4 Å². The smallest absolute Gasteiger partial charge is 0.238 e. The van der Waals surface area contributed by atoms with E-state index in [0.717, 1.165) is 29.7 Å². The number of carbonyl (C=O) groups is 1. The molecule has 4 rings (SSSR count). The molecule has 2 aromatic rings. The number of rotatable bonds is 12. The third-order valence-corrected chi connectivity index (χ3v) is 8.71. The van der Waals surface area contributed by atoms with Crippen LogP contribution in [0, 0.1) is 0 Å². The van der Waals surface area contributed by atoms with Gasteiger partial charge in [0.05, 0.1) is 24.9 Å². The predicted octanol–water partition coefficient (Wildman–Crippen LogP) is 3.62. The van der Waals surface area contributed by atoms with E-state index in [1.54, 1.807) is 16.2 Å². The minimum atomic E-state index is -3.57. The number of unbranched alkanes of at least 4 members (excludes halogenated alkanes) is 1. The molecule has 1 saturated heterocycles. The van der Waals surface area contributed by atoms with Crippen LogP contribution in [0.4, 0.5) is 0 Å². The van der Waals surface area contributed by atoms with Crippen molar-refractivity contribution < 1.29 is 27.4 Å². The van der Waals surface area contributed by atoms with Gasteiger partial charge in [-0.1, -0.05) is 25.5 Å². The van der Waals surface area contributed by atoms with Crippen LogP contribution in [0.3, 0.4) is 0 Å². The first-order chi connectivity index (χ1) is 16.4. The van der Waals surface area contributed by atoms with Crippen molar-refractivity contribution in [2.75, 3.05) is 32.2 Å². The average molecular weight is 509 g/mol. The molecule has 8 nitrogen and oxygen atoms in total. The lowest BCUT2D eigenvalue weighted by atomic mass is 10.2. The number of amides is 1. The molecule has 1 fully saturated rings. The van der Waals surface area contributed by atoms with Crippen LogP contribution < -0.4 is 9.47 Å².